The van der Waals surface area contributed by atoms with Crippen molar-refractivity contribution < 1.29 is 8.78 Å². The summed E-state index contributed by atoms with van der Waals surface area (Å²) in [7, 11) is 0. The highest BCUT2D eigenvalue weighted by molar-refractivity contribution is 5.66. The van der Waals surface area contributed by atoms with Crippen molar-refractivity contribution in [3.63, 3.8) is 0 Å². The van der Waals surface area contributed by atoms with Gasteiger partial charge in [-0.2, -0.15) is 0 Å². The Morgan fingerprint density at radius 1 is 0.500 bits per heavy atom. The highest BCUT2D eigenvalue weighted by Gasteiger charge is 2.31. The molecule has 2 heteroatoms. The molecule has 0 aliphatic heterocycles. The van der Waals surface area contributed by atoms with Gasteiger partial charge in [-0.3, -0.25) is 0 Å². The molecule has 5 rings (SSSR count). The maximum absolute atomic E-state index is 15.4. The average molecular weight is 577 g/mol. The van der Waals surface area contributed by atoms with Gasteiger partial charge in [0.2, 0.25) is 0 Å². The van der Waals surface area contributed by atoms with E-state index in [9.17, 15) is 0 Å². The highest BCUT2D eigenvalue weighted by atomic mass is 19.1. The minimum atomic E-state index is -0.273. The average Bonchev–Trinajstić information content (AvgIpc) is 3.02. The zero-order valence-electron chi connectivity index (χ0n) is 26.8. The molecular formula is C40H58F2. The van der Waals surface area contributed by atoms with Gasteiger partial charge < -0.3 is 0 Å². The van der Waals surface area contributed by atoms with Gasteiger partial charge in [-0.25, -0.2) is 8.78 Å². The Hall–Kier alpha value is -1.70. The Morgan fingerprint density at radius 2 is 0.881 bits per heavy atom. The molecule has 3 saturated carbocycles. The lowest BCUT2D eigenvalue weighted by Gasteiger charge is -2.38. The summed E-state index contributed by atoms with van der Waals surface area (Å²) < 4.78 is 30.8. The summed E-state index contributed by atoms with van der Waals surface area (Å²) >= 11 is 0. The summed E-state index contributed by atoms with van der Waals surface area (Å²) in [6.07, 6.45) is 26.4. The minimum Gasteiger partial charge on any atom is -0.206 e. The molecule has 0 unspecified atom stereocenters. The SMILES string of the molecule is CCCCCC1CCC(c2ccc(-c3ccc(C4CCC(C5CCC(CCCCC)CC5)CC4)cc3F)c(F)c2)CC1. The lowest BCUT2D eigenvalue weighted by Crippen LogP contribution is -2.25. The van der Waals surface area contributed by atoms with E-state index >= 15 is 8.78 Å². The fourth-order valence-corrected chi connectivity index (χ4v) is 9.03. The number of hydrogen-bond acceptors (Lipinski definition) is 0. The topological polar surface area (TPSA) is 0 Å². The smallest absolute Gasteiger partial charge is 0.131 e. The van der Waals surface area contributed by atoms with Crippen molar-refractivity contribution in [3.05, 3.63) is 59.2 Å². The van der Waals surface area contributed by atoms with Crippen molar-refractivity contribution in [2.24, 2.45) is 23.7 Å². The molecule has 0 spiro atoms. The van der Waals surface area contributed by atoms with Gasteiger partial charge in [0.1, 0.15) is 11.6 Å². The molecule has 0 aromatic heterocycles. The zero-order chi connectivity index (χ0) is 29.3. The van der Waals surface area contributed by atoms with Crippen LogP contribution < -0.4 is 0 Å². The summed E-state index contributed by atoms with van der Waals surface area (Å²) in [5.41, 5.74) is 3.03. The predicted octanol–water partition coefficient (Wildman–Crippen LogP) is 13.1. The molecule has 3 fully saturated rings. The second kappa shape index (κ2) is 15.9. The lowest BCUT2D eigenvalue weighted by molar-refractivity contribution is 0.155. The van der Waals surface area contributed by atoms with E-state index in [1.165, 1.54) is 116 Å². The molecule has 0 amide bonds. The van der Waals surface area contributed by atoms with Gasteiger partial charge >= 0.3 is 0 Å². The number of rotatable bonds is 12. The van der Waals surface area contributed by atoms with Crippen molar-refractivity contribution in [2.75, 3.05) is 0 Å². The summed E-state index contributed by atoms with van der Waals surface area (Å²) in [5.74, 6) is 3.95. The van der Waals surface area contributed by atoms with Crippen molar-refractivity contribution in [1.82, 2.24) is 0 Å². The summed E-state index contributed by atoms with van der Waals surface area (Å²) in [6, 6.07) is 11.2. The first-order valence-electron chi connectivity index (χ1n) is 18.1. The van der Waals surface area contributed by atoms with Crippen molar-refractivity contribution in [3.8, 4) is 11.1 Å². The third-order valence-electron chi connectivity index (χ3n) is 11.8. The third-order valence-corrected chi connectivity index (χ3v) is 11.8. The van der Waals surface area contributed by atoms with Crippen LogP contribution >= 0.6 is 0 Å². The van der Waals surface area contributed by atoms with Gasteiger partial charge in [0.05, 0.1) is 0 Å². The zero-order valence-corrected chi connectivity index (χ0v) is 26.8. The van der Waals surface area contributed by atoms with Crippen LogP contribution in [-0.2, 0) is 0 Å². The Balaban J connectivity index is 1.12. The molecule has 232 valence electrons. The predicted molar refractivity (Wildman–Crippen MR) is 175 cm³/mol. The van der Waals surface area contributed by atoms with E-state index in [0.29, 0.717) is 23.0 Å². The molecule has 3 aliphatic carbocycles. The molecule has 0 saturated heterocycles. The summed E-state index contributed by atoms with van der Waals surface area (Å²) in [4.78, 5) is 0. The van der Waals surface area contributed by atoms with Crippen LogP contribution in [0.15, 0.2) is 36.4 Å². The van der Waals surface area contributed by atoms with E-state index in [-0.39, 0.29) is 11.6 Å². The fourth-order valence-electron chi connectivity index (χ4n) is 9.03. The van der Waals surface area contributed by atoms with Gasteiger partial charge in [0.25, 0.3) is 0 Å². The Labute approximate surface area is 256 Å². The number of unbranched alkanes of at least 4 members (excludes halogenated alkanes) is 4. The molecule has 0 N–H and O–H groups in total. The molecule has 42 heavy (non-hydrogen) atoms. The number of halogens is 2. The standard InChI is InChI=1S/C40H58F2/c1-3-5-7-9-29-11-15-31(16-12-29)32-19-21-34(22-20-32)36-24-26-38(40(42)28-36)37-25-23-35(27-39(37)41)33-17-13-30(14-18-33)10-8-6-4-2/h23-34H,3-22H2,1-2H3. The monoisotopic (exact) mass is 576 g/mol. The quantitative estimate of drug-likeness (QED) is 0.220. The maximum Gasteiger partial charge on any atom is 0.131 e. The van der Waals surface area contributed by atoms with Crippen molar-refractivity contribution in [2.45, 2.75) is 154 Å². The molecule has 0 atom stereocenters. The van der Waals surface area contributed by atoms with Crippen LogP contribution in [0.2, 0.25) is 0 Å². The molecular weight excluding hydrogens is 518 g/mol. The Kier molecular flexibility index (Phi) is 12.0. The van der Waals surface area contributed by atoms with Crippen LogP contribution in [0.3, 0.4) is 0 Å². The van der Waals surface area contributed by atoms with Gasteiger partial charge in [0, 0.05) is 11.1 Å². The van der Waals surface area contributed by atoms with E-state index in [1.54, 1.807) is 12.1 Å². The van der Waals surface area contributed by atoms with Crippen molar-refractivity contribution in [1.29, 1.82) is 0 Å². The van der Waals surface area contributed by atoms with Gasteiger partial charge in [0.15, 0.2) is 0 Å². The van der Waals surface area contributed by atoms with Crippen LogP contribution in [0, 0.1) is 35.3 Å². The van der Waals surface area contributed by atoms with Crippen LogP contribution in [0.4, 0.5) is 8.78 Å². The normalized spacial score (nSPS) is 28.6. The molecule has 0 bridgehead atoms. The first-order valence-corrected chi connectivity index (χ1v) is 18.1. The second-order valence-electron chi connectivity index (χ2n) is 14.6. The van der Waals surface area contributed by atoms with E-state index in [1.807, 2.05) is 12.1 Å². The van der Waals surface area contributed by atoms with E-state index < -0.39 is 0 Å². The van der Waals surface area contributed by atoms with E-state index in [0.717, 1.165) is 47.6 Å². The number of benzene rings is 2. The molecule has 3 aliphatic rings. The molecule has 0 heterocycles. The van der Waals surface area contributed by atoms with Crippen LogP contribution in [0.5, 0.6) is 0 Å². The lowest BCUT2D eigenvalue weighted by atomic mass is 9.68. The minimum absolute atomic E-state index is 0.268. The fraction of sp³-hybridized carbons (Fsp3) is 0.700. The molecule has 2 aromatic rings. The van der Waals surface area contributed by atoms with Gasteiger partial charge in [-0.05, 0) is 123 Å². The summed E-state index contributed by atoms with van der Waals surface area (Å²) in [5, 5.41) is 0. The van der Waals surface area contributed by atoms with Crippen molar-refractivity contribution >= 4 is 0 Å². The third kappa shape index (κ3) is 8.26. The molecule has 0 nitrogen and oxygen atoms in total. The van der Waals surface area contributed by atoms with E-state index in [2.05, 4.69) is 26.0 Å². The van der Waals surface area contributed by atoms with Gasteiger partial charge in [-0.1, -0.05) is 102 Å². The first kappa shape index (κ1) is 31.7. The molecule has 2 aromatic carbocycles. The Bertz CT molecular complexity index is 1080. The number of hydrogen-bond donors (Lipinski definition) is 0. The van der Waals surface area contributed by atoms with Crippen LogP contribution in [0.1, 0.15) is 165 Å². The largest absolute Gasteiger partial charge is 0.206 e. The van der Waals surface area contributed by atoms with Crippen LogP contribution in [0.25, 0.3) is 11.1 Å². The second-order valence-corrected chi connectivity index (χ2v) is 14.6. The van der Waals surface area contributed by atoms with Gasteiger partial charge in [-0.15, -0.1) is 0 Å². The maximum atomic E-state index is 15.4. The highest BCUT2D eigenvalue weighted by Crippen LogP contribution is 2.45. The Morgan fingerprint density at radius 3 is 1.29 bits per heavy atom. The summed E-state index contributed by atoms with van der Waals surface area (Å²) in [6.45, 7) is 4.57. The van der Waals surface area contributed by atoms with Crippen LogP contribution in [-0.4, -0.2) is 0 Å². The molecule has 0 radical (unpaired) electrons. The van der Waals surface area contributed by atoms with E-state index in [4.69, 9.17) is 0 Å². The first-order chi connectivity index (χ1) is 20.6.